The summed E-state index contributed by atoms with van der Waals surface area (Å²) >= 11 is 3.38. The van der Waals surface area contributed by atoms with E-state index < -0.39 is 5.91 Å². The maximum absolute atomic E-state index is 12.3. The highest BCUT2D eigenvalue weighted by molar-refractivity contribution is 9.10. The Morgan fingerprint density at radius 2 is 2.12 bits per heavy atom. The summed E-state index contributed by atoms with van der Waals surface area (Å²) in [6, 6.07) is 8.87. The number of nitrogens with one attached hydrogen (secondary N) is 2. The second-order valence-corrected chi connectivity index (χ2v) is 6.21. The van der Waals surface area contributed by atoms with Crippen LogP contribution in [0.15, 0.2) is 41.0 Å². The Kier molecular flexibility index (Phi) is 4.71. The number of pyridine rings is 1. The number of nitrogens with zero attached hydrogens (tertiary/aromatic N) is 2. The molecule has 25 heavy (non-hydrogen) atoms. The number of aromatic amines is 1. The van der Waals surface area contributed by atoms with E-state index in [0.717, 1.165) is 10.0 Å². The number of carbonyl (C=O) groups excluding carboxylic acids is 1. The van der Waals surface area contributed by atoms with Crippen LogP contribution in [0.2, 0.25) is 0 Å². The fraction of sp³-hybridized carbons (Fsp3) is 0.118. The van der Waals surface area contributed by atoms with Crippen LogP contribution >= 0.6 is 15.9 Å². The quantitative estimate of drug-likeness (QED) is 0.613. The van der Waals surface area contributed by atoms with Crippen molar-refractivity contribution in [3.8, 4) is 17.4 Å². The molecule has 0 atom stereocenters. The van der Waals surface area contributed by atoms with E-state index in [1.165, 1.54) is 0 Å². The third kappa shape index (κ3) is 3.63. The van der Waals surface area contributed by atoms with Gasteiger partial charge in [0.2, 0.25) is 5.88 Å². The summed E-state index contributed by atoms with van der Waals surface area (Å²) in [5.74, 6) is 0.323. The number of carbonyl (C=O) groups is 1. The molecule has 3 rings (SSSR count). The second kappa shape index (κ2) is 6.94. The average Bonchev–Trinajstić information content (AvgIpc) is 2.92. The zero-order valence-corrected chi connectivity index (χ0v) is 15.1. The number of ether oxygens (including phenoxy) is 1. The minimum Gasteiger partial charge on any atom is -0.504 e. The van der Waals surface area contributed by atoms with Gasteiger partial charge in [-0.15, -0.1) is 0 Å². The van der Waals surface area contributed by atoms with Gasteiger partial charge in [-0.2, -0.15) is 5.10 Å². The predicted molar refractivity (Wildman–Crippen MR) is 96.1 cm³/mol. The van der Waals surface area contributed by atoms with Gasteiger partial charge in [-0.25, -0.2) is 4.98 Å². The Bertz CT molecular complexity index is 939. The van der Waals surface area contributed by atoms with E-state index in [0.29, 0.717) is 23.0 Å². The number of aromatic hydroxyl groups is 1. The van der Waals surface area contributed by atoms with Gasteiger partial charge in [-0.05, 0) is 53.5 Å². The average molecular weight is 403 g/mol. The topological polar surface area (TPSA) is 100 Å². The van der Waals surface area contributed by atoms with Crippen molar-refractivity contribution in [3.05, 3.63) is 58.0 Å². The molecule has 0 saturated carbocycles. The van der Waals surface area contributed by atoms with Gasteiger partial charge in [0.15, 0.2) is 11.4 Å². The van der Waals surface area contributed by atoms with Crippen LogP contribution in [0.1, 0.15) is 21.7 Å². The predicted octanol–water partition coefficient (Wildman–Crippen LogP) is 3.93. The van der Waals surface area contributed by atoms with Crippen molar-refractivity contribution >= 4 is 27.5 Å². The highest BCUT2D eigenvalue weighted by Crippen LogP contribution is 2.31. The number of aromatic nitrogens is 3. The summed E-state index contributed by atoms with van der Waals surface area (Å²) in [4.78, 5) is 16.4. The van der Waals surface area contributed by atoms with Crippen molar-refractivity contribution in [1.29, 1.82) is 0 Å². The molecule has 1 amide bonds. The first-order chi connectivity index (χ1) is 12.0. The van der Waals surface area contributed by atoms with E-state index in [2.05, 4.69) is 36.4 Å². The van der Waals surface area contributed by atoms with Crippen LogP contribution in [-0.2, 0) is 0 Å². The van der Waals surface area contributed by atoms with Crippen molar-refractivity contribution < 1.29 is 14.6 Å². The molecule has 8 heteroatoms. The Hall–Kier alpha value is -2.87. The lowest BCUT2D eigenvalue weighted by Crippen LogP contribution is -2.12. The molecule has 0 unspecified atom stereocenters. The van der Waals surface area contributed by atoms with Gasteiger partial charge in [0, 0.05) is 18.0 Å². The first kappa shape index (κ1) is 17.0. The van der Waals surface area contributed by atoms with E-state index in [1.54, 1.807) is 31.3 Å². The molecular formula is C17H15BrN4O3. The summed E-state index contributed by atoms with van der Waals surface area (Å²) in [6.45, 7) is 3.49. The SMILES string of the molecule is Cc1ccc(NC(=O)c2[nH]nc(C)c2O)cc1Oc1ncccc1Br. The van der Waals surface area contributed by atoms with Gasteiger partial charge in [0.05, 0.1) is 4.47 Å². The molecule has 0 saturated heterocycles. The van der Waals surface area contributed by atoms with Gasteiger partial charge >= 0.3 is 0 Å². The number of benzene rings is 1. The van der Waals surface area contributed by atoms with Crippen LogP contribution in [0, 0.1) is 13.8 Å². The van der Waals surface area contributed by atoms with E-state index in [1.807, 2.05) is 19.1 Å². The zero-order valence-electron chi connectivity index (χ0n) is 13.5. The molecule has 0 aliphatic rings. The standard InChI is InChI=1S/C17H15BrN4O3/c1-9-5-6-11(20-16(24)14-15(23)10(2)21-22-14)8-13(9)25-17-12(18)4-3-7-19-17/h3-8,23H,1-2H3,(H,20,24)(H,21,22). The number of hydrogen-bond donors (Lipinski definition) is 3. The van der Waals surface area contributed by atoms with Crippen LogP contribution < -0.4 is 10.1 Å². The summed E-state index contributed by atoms with van der Waals surface area (Å²) in [5, 5.41) is 18.8. The van der Waals surface area contributed by atoms with E-state index in [9.17, 15) is 9.90 Å². The first-order valence-corrected chi connectivity index (χ1v) is 8.19. The smallest absolute Gasteiger partial charge is 0.277 e. The summed E-state index contributed by atoms with van der Waals surface area (Å²) < 4.78 is 6.54. The molecule has 2 aromatic heterocycles. The maximum Gasteiger partial charge on any atom is 0.277 e. The van der Waals surface area contributed by atoms with E-state index >= 15 is 0 Å². The van der Waals surface area contributed by atoms with Gasteiger partial charge in [0.1, 0.15) is 11.4 Å². The third-order valence-electron chi connectivity index (χ3n) is 3.52. The molecule has 2 heterocycles. The number of anilines is 1. The number of hydrogen-bond acceptors (Lipinski definition) is 5. The van der Waals surface area contributed by atoms with Crippen LogP contribution in [0.4, 0.5) is 5.69 Å². The van der Waals surface area contributed by atoms with Crippen molar-refractivity contribution in [2.24, 2.45) is 0 Å². The molecule has 1 aromatic carbocycles. The van der Waals surface area contributed by atoms with Crippen molar-refractivity contribution in [2.75, 3.05) is 5.32 Å². The maximum atomic E-state index is 12.3. The molecule has 0 aliphatic carbocycles. The van der Waals surface area contributed by atoms with Crippen LogP contribution in [0.25, 0.3) is 0 Å². The fourth-order valence-corrected chi connectivity index (χ4v) is 2.45. The minimum absolute atomic E-state index is 0.00742. The number of aryl methyl sites for hydroxylation is 2. The third-order valence-corrected chi connectivity index (χ3v) is 4.12. The summed E-state index contributed by atoms with van der Waals surface area (Å²) in [6.07, 6.45) is 1.63. The summed E-state index contributed by atoms with van der Waals surface area (Å²) in [7, 11) is 0. The monoisotopic (exact) mass is 402 g/mol. The molecule has 0 aliphatic heterocycles. The molecule has 0 radical (unpaired) electrons. The van der Waals surface area contributed by atoms with Crippen LogP contribution in [-0.4, -0.2) is 26.2 Å². The van der Waals surface area contributed by atoms with E-state index in [4.69, 9.17) is 4.74 Å². The van der Waals surface area contributed by atoms with Gasteiger partial charge in [0.25, 0.3) is 5.91 Å². The molecule has 0 fully saturated rings. The Balaban J connectivity index is 1.83. The second-order valence-electron chi connectivity index (χ2n) is 5.36. The molecule has 3 aromatic rings. The first-order valence-electron chi connectivity index (χ1n) is 7.40. The van der Waals surface area contributed by atoms with Gasteiger partial charge in [-0.3, -0.25) is 9.89 Å². The highest BCUT2D eigenvalue weighted by Gasteiger charge is 2.17. The summed E-state index contributed by atoms with van der Waals surface area (Å²) in [5.41, 5.74) is 1.77. The van der Waals surface area contributed by atoms with Crippen molar-refractivity contribution in [1.82, 2.24) is 15.2 Å². The normalized spacial score (nSPS) is 10.5. The van der Waals surface area contributed by atoms with E-state index in [-0.39, 0.29) is 11.4 Å². The van der Waals surface area contributed by atoms with Gasteiger partial charge in [-0.1, -0.05) is 6.07 Å². The minimum atomic E-state index is -0.494. The lowest BCUT2D eigenvalue weighted by molar-refractivity contribution is 0.101. The Morgan fingerprint density at radius 1 is 1.32 bits per heavy atom. The Morgan fingerprint density at radius 3 is 2.80 bits per heavy atom. The zero-order chi connectivity index (χ0) is 18.0. The number of H-pyrrole nitrogens is 1. The Labute approximate surface area is 152 Å². The molecule has 128 valence electrons. The number of rotatable bonds is 4. The molecular weight excluding hydrogens is 388 g/mol. The lowest BCUT2D eigenvalue weighted by atomic mass is 10.2. The van der Waals surface area contributed by atoms with Crippen LogP contribution in [0.5, 0.6) is 17.4 Å². The van der Waals surface area contributed by atoms with Gasteiger partial charge < -0.3 is 15.2 Å². The molecule has 3 N–H and O–H groups in total. The molecule has 0 spiro atoms. The molecule has 7 nitrogen and oxygen atoms in total. The highest BCUT2D eigenvalue weighted by atomic mass is 79.9. The van der Waals surface area contributed by atoms with Crippen LogP contribution in [0.3, 0.4) is 0 Å². The largest absolute Gasteiger partial charge is 0.504 e. The number of amides is 1. The number of halogens is 1. The lowest BCUT2D eigenvalue weighted by Gasteiger charge is -2.11. The van der Waals surface area contributed by atoms with Crippen molar-refractivity contribution in [2.45, 2.75) is 13.8 Å². The fourth-order valence-electron chi connectivity index (χ4n) is 2.12. The molecule has 0 bridgehead atoms. The van der Waals surface area contributed by atoms with Crippen molar-refractivity contribution in [3.63, 3.8) is 0 Å².